The molecular formula is C16H21F3N2O2. The number of carbonyl (C=O) groups is 1. The van der Waals surface area contributed by atoms with Gasteiger partial charge in [0.15, 0.2) is 6.61 Å². The number of alkyl halides is 3. The van der Waals surface area contributed by atoms with E-state index >= 15 is 0 Å². The molecule has 128 valence electrons. The summed E-state index contributed by atoms with van der Waals surface area (Å²) in [7, 11) is 0. The number of benzene rings is 1. The van der Waals surface area contributed by atoms with Crippen LogP contribution < -0.4 is 10.1 Å². The van der Waals surface area contributed by atoms with E-state index < -0.39 is 12.7 Å². The fraction of sp³-hybridized carbons (Fsp3) is 0.562. The summed E-state index contributed by atoms with van der Waals surface area (Å²) in [5, 5.41) is 2.72. The van der Waals surface area contributed by atoms with Gasteiger partial charge in [-0.2, -0.15) is 13.2 Å². The molecule has 1 fully saturated rings. The molecular weight excluding hydrogens is 309 g/mol. The lowest BCUT2D eigenvalue weighted by Gasteiger charge is -2.18. The van der Waals surface area contributed by atoms with E-state index in [9.17, 15) is 18.0 Å². The minimum atomic E-state index is -4.17. The summed E-state index contributed by atoms with van der Waals surface area (Å²) in [4.78, 5) is 13.1. The van der Waals surface area contributed by atoms with Crippen LogP contribution in [0.1, 0.15) is 12.0 Å². The van der Waals surface area contributed by atoms with Gasteiger partial charge in [-0.1, -0.05) is 12.1 Å². The quantitative estimate of drug-likeness (QED) is 0.871. The van der Waals surface area contributed by atoms with Crippen molar-refractivity contribution in [3.63, 3.8) is 0 Å². The van der Waals surface area contributed by atoms with Gasteiger partial charge in [0.25, 0.3) is 5.91 Å². The van der Waals surface area contributed by atoms with Crippen molar-refractivity contribution < 1.29 is 22.7 Å². The molecule has 1 aromatic carbocycles. The van der Waals surface area contributed by atoms with Gasteiger partial charge < -0.3 is 10.1 Å². The Bertz CT molecular complexity index is 534. The van der Waals surface area contributed by atoms with Crippen molar-refractivity contribution in [2.75, 3.05) is 32.8 Å². The number of carbonyl (C=O) groups excluding carboxylic acids is 1. The van der Waals surface area contributed by atoms with Crippen LogP contribution in [0.3, 0.4) is 0 Å². The van der Waals surface area contributed by atoms with E-state index in [0.717, 1.165) is 5.56 Å². The standard InChI is InChI=1S/C16H21F3N2O2/c1-12-3-2-4-14(7-12)23-10-15(22)20-8-13-5-6-21(9-13)11-16(17,18)19/h2-4,7,13H,5-6,8-11H2,1H3,(H,20,22)/t13-/m0/s1. The van der Waals surface area contributed by atoms with Crippen molar-refractivity contribution in [1.29, 1.82) is 0 Å². The van der Waals surface area contributed by atoms with Crippen molar-refractivity contribution in [3.05, 3.63) is 29.8 Å². The molecule has 0 unspecified atom stereocenters. The summed E-state index contributed by atoms with van der Waals surface area (Å²) in [6.07, 6.45) is -3.51. The van der Waals surface area contributed by atoms with Gasteiger partial charge in [-0.25, -0.2) is 0 Å². The van der Waals surface area contributed by atoms with Gasteiger partial charge in [0.2, 0.25) is 0 Å². The zero-order valence-electron chi connectivity index (χ0n) is 13.0. The molecule has 0 aromatic heterocycles. The van der Waals surface area contributed by atoms with E-state index in [-0.39, 0.29) is 18.4 Å². The SMILES string of the molecule is Cc1cccc(OCC(=O)NC[C@@H]2CCN(CC(F)(F)F)C2)c1. The molecule has 0 spiro atoms. The Labute approximate surface area is 133 Å². The van der Waals surface area contributed by atoms with Gasteiger partial charge in [-0.3, -0.25) is 9.69 Å². The van der Waals surface area contributed by atoms with Crippen LogP contribution in [-0.4, -0.2) is 49.8 Å². The normalized spacial score (nSPS) is 18.9. The zero-order valence-corrected chi connectivity index (χ0v) is 13.0. The molecule has 2 rings (SSSR count). The van der Waals surface area contributed by atoms with Crippen LogP contribution in [0.25, 0.3) is 0 Å². The maximum absolute atomic E-state index is 12.3. The highest BCUT2D eigenvalue weighted by Gasteiger charge is 2.34. The minimum absolute atomic E-state index is 0.0558. The molecule has 0 saturated carbocycles. The highest BCUT2D eigenvalue weighted by Crippen LogP contribution is 2.22. The topological polar surface area (TPSA) is 41.6 Å². The predicted molar refractivity (Wildman–Crippen MR) is 80.3 cm³/mol. The average Bonchev–Trinajstić information content (AvgIpc) is 2.88. The number of amides is 1. The third-order valence-corrected chi connectivity index (χ3v) is 3.72. The Hall–Kier alpha value is -1.76. The minimum Gasteiger partial charge on any atom is -0.484 e. The molecule has 1 amide bonds. The fourth-order valence-corrected chi connectivity index (χ4v) is 2.64. The molecule has 1 aromatic rings. The first-order chi connectivity index (χ1) is 10.8. The summed E-state index contributed by atoms with van der Waals surface area (Å²) in [5.41, 5.74) is 1.04. The van der Waals surface area contributed by atoms with Crippen molar-refractivity contribution >= 4 is 5.91 Å². The first-order valence-corrected chi connectivity index (χ1v) is 7.57. The van der Waals surface area contributed by atoms with Gasteiger partial charge in [-0.15, -0.1) is 0 Å². The molecule has 7 heteroatoms. The molecule has 1 atom stereocenters. The largest absolute Gasteiger partial charge is 0.484 e. The van der Waals surface area contributed by atoms with Gasteiger partial charge in [0.1, 0.15) is 5.75 Å². The van der Waals surface area contributed by atoms with Gasteiger partial charge in [0, 0.05) is 13.1 Å². The van der Waals surface area contributed by atoms with Crippen LogP contribution in [0.4, 0.5) is 13.2 Å². The number of nitrogens with one attached hydrogen (secondary N) is 1. The summed E-state index contributed by atoms with van der Waals surface area (Å²) < 4.78 is 42.3. The first kappa shape index (κ1) is 17.6. The highest BCUT2D eigenvalue weighted by molar-refractivity contribution is 5.77. The fourth-order valence-electron chi connectivity index (χ4n) is 2.64. The number of hydrogen-bond acceptors (Lipinski definition) is 3. The second-order valence-electron chi connectivity index (χ2n) is 5.91. The van der Waals surface area contributed by atoms with E-state index in [4.69, 9.17) is 4.74 Å². The Morgan fingerprint density at radius 2 is 2.22 bits per heavy atom. The zero-order chi connectivity index (χ0) is 16.9. The monoisotopic (exact) mass is 330 g/mol. The van der Waals surface area contributed by atoms with Crippen LogP contribution in [-0.2, 0) is 4.79 Å². The maximum atomic E-state index is 12.3. The lowest BCUT2D eigenvalue weighted by atomic mass is 10.1. The third kappa shape index (κ3) is 6.48. The number of nitrogens with zero attached hydrogens (tertiary/aromatic N) is 1. The molecule has 0 aliphatic carbocycles. The van der Waals surface area contributed by atoms with Crippen molar-refractivity contribution in [3.8, 4) is 5.75 Å². The summed E-state index contributed by atoms with van der Waals surface area (Å²) in [6, 6.07) is 7.38. The summed E-state index contributed by atoms with van der Waals surface area (Å²) in [6.45, 7) is 2.11. The molecule has 0 bridgehead atoms. The summed E-state index contributed by atoms with van der Waals surface area (Å²) >= 11 is 0. The Morgan fingerprint density at radius 3 is 2.91 bits per heavy atom. The van der Waals surface area contributed by atoms with Crippen molar-refractivity contribution in [1.82, 2.24) is 10.2 Å². The molecule has 1 saturated heterocycles. The smallest absolute Gasteiger partial charge is 0.401 e. The Morgan fingerprint density at radius 1 is 1.43 bits per heavy atom. The van der Waals surface area contributed by atoms with Crippen LogP contribution in [0.2, 0.25) is 0 Å². The van der Waals surface area contributed by atoms with Crippen molar-refractivity contribution in [2.45, 2.75) is 19.5 Å². The maximum Gasteiger partial charge on any atom is 0.401 e. The second kappa shape index (κ2) is 7.68. The Balaban J connectivity index is 1.65. The number of rotatable bonds is 6. The lowest BCUT2D eigenvalue weighted by molar-refractivity contribution is -0.143. The Kier molecular flexibility index (Phi) is 5.87. The molecule has 4 nitrogen and oxygen atoms in total. The lowest BCUT2D eigenvalue weighted by Crippen LogP contribution is -2.36. The molecule has 1 N–H and O–H groups in total. The van der Waals surface area contributed by atoms with Crippen LogP contribution in [0.15, 0.2) is 24.3 Å². The van der Waals surface area contributed by atoms with Gasteiger partial charge in [-0.05, 0) is 43.5 Å². The van der Waals surface area contributed by atoms with Crippen LogP contribution in [0, 0.1) is 12.8 Å². The molecule has 1 aliphatic rings. The number of halogens is 3. The van der Waals surface area contributed by atoms with Gasteiger partial charge >= 0.3 is 6.18 Å². The van der Waals surface area contributed by atoms with Crippen LogP contribution in [0.5, 0.6) is 5.75 Å². The van der Waals surface area contributed by atoms with E-state index in [2.05, 4.69) is 5.32 Å². The third-order valence-electron chi connectivity index (χ3n) is 3.72. The van der Waals surface area contributed by atoms with E-state index in [1.165, 1.54) is 4.90 Å². The van der Waals surface area contributed by atoms with E-state index in [0.29, 0.717) is 31.8 Å². The predicted octanol–water partition coefficient (Wildman–Crippen LogP) is 2.37. The summed E-state index contributed by atoms with van der Waals surface area (Å²) in [5.74, 6) is 0.415. The number of hydrogen-bond donors (Lipinski definition) is 1. The number of likely N-dealkylation sites (tertiary alicyclic amines) is 1. The van der Waals surface area contributed by atoms with Crippen molar-refractivity contribution in [2.24, 2.45) is 5.92 Å². The molecule has 23 heavy (non-hydrogen) atoms. The average molecular weight is 330 g/mol. The van der Waals surface area contributed by atoms with Crippen LogP contribution >= 0.6 is 0 Å². The van der Waals surface area contributed by atoms with E-state index in [1.54, 1.807) is 6.07 Å². The molecule has 1 heterocycles. The molecule has 0 radical (unpaired) electrons. The first-order valence-electron chi connectivity index (χ1n) is 7.57. The van der Waals surface area contributed by atoms with Gasteiger partial charge in [0.05, 0.1) is 6.54 Å². The number of ether oxygens (including phenoxy) is 1. The molecule has 1 aliphatic heterocycles. The number of aryl methyl sites for hydroxylation is 1. The second-order valence-corrected chi connectivity index (χ2v) is 5.91. The van der Waals surface area contributed by atoms with E-state index in [1.807, 2.05) is 25.1 Å². The highest BCUT2D eigenvalue weighted by atomic mass is 19.4.